The first kappa shape index (κ1) is 22.5. The maximum atomic E-state index is 13.2. The van der Waals surface area contributed by atoms with Crippen LogP contribution in [0, 0.1) is 0 Å². The molecule has 0 fully saturated rings. The number of H-pyrrole nitrogens is 1. The van der Waals surface area contributed by atoms with Crippen molar-refractivity contribution in [1.29, 1.82) is 0 Å². The number of nitrogens with one attached hydrogen (secondary N) is 2. The summed E-state index contributed by atoms with van der Waals surface area (Å²) in [5.74, 6) is 1.13. The summed E-state index contributed by atoms with van der Waals surface area (Å²) >= 11 is 0. The van der Waals surface area contributed by atoms with E-state index in [0.29, 0.717) is 29.4 Å². The molecule has 176 valence electrons. The van der Waals surface area contributed by atoms with Gasteiger partial charge in [0.05, 0.1) is 25.4 Å². The molecule has 0 saturated carbocycles. The summed E-state index contributed by atoms with van der Waals surface area (Å²) < 4.78 is 11.1. The van der Waals surface area contributed by atoms with Crippen LogP contribution in [-0.2, 0) is 6.42 Å². The predicted molar refractivity (Wildman–Crippen MR) is 139 cm³/mol. The van der Waals surface area contributed by atoms with Crippen LogP contribution in [0.15, 0.2) is 78.9 Å². The lowest BCUT2D eigenvalue weighted by Gasteiger charge is -2.13. The summed E-state index contributed by atoms with van der Waals surface area (Å²) in [4.78, 5) is 21.5. The maximum Gasteiger partial charge on any atom is 0.269 e. The number of aromatic amines is 1. The third-order valence-electron chi connectivity index (χ3n) is 6.16. The Labute approximate surface area is 203 Å². The smallest absolute Gasteiger partial charge is 0.269 e. The van der Waals surface area contributed by atoms with Crippen molar-refractivity contribution in [2.45, 2.75) is 12.8 Å². The lowest BCUT2D eigenvalue weighted by atomic mass is 10.0. The van der Waals surface area contributed by atoms with Gasteiger partial charge in [-0.05, 0) is 48.7 Å². The molecule has 6 nitrogen and oxygen atoms in total. The van der Waals surface area contributed by atoms with Gasteiger partial charge in [0, 0.05) is 28.4 Å². The van der Waals surface area contributed by atoms with E-state index in [1.807, 2.05) is 66.7 Å². The van der Waals surface area contributed by atoms with E-state index in [4.69, 9.17) is 14.5 Å². The number of rotatable bonds is 8. The first-order chi connectivity index (χ1) is 17.2. The van der Waals surface area contributed by atoms with E-state index in [0.717, 1.165) is 40.2 Å². The second kappa shape index (κ2) is 9.89. The van der Waals surface area contributed by atoms with Crippen molar-refractivity contribution < 1.29 is 14.3 Å². The van der Waals surface area contributed by atoms with Crippen LogP contribution in [0.2, 0.25) is 0 Å². The molecular weight excluding hydrogens is 438 g/mol. The van der Waals surface area contributed by atoms with Crippen LogP contribution >= 0.6 is 0 Å². The molecule has 0 saturated heterocycles. The fraction of sp³-hybridized carbons (Fsp3) is 0.172. The average molecular weight is 466 g/mol. The first-order valence-electron chi connectivity index (χ1n) is 11.6. The van der Waals surface area contributed by atoms with E-state index < -0.39 is 0 Å². The molecule has 0 spiro atoms. The fourth-order valence-corrected chi connectivity index (χ4v) is 4.39. The molecule has 35 heavy (non-hydrogen) atoms. The number of nitrogens with zero attached hydrogens (tertiary/aromatic N) is 1. The normalized spacial score (nSPS) is 11.0. The second-order valence-corrected chi connectivity index (χ2v) is 8.36. The monoisotopic (exact) mass is 465 g/mol. The molecular formula is C29H27N3O3. The van der Waals surface area contributed by atoms with Crippen LogP contribution in [-0.4, -0.2) is 36.6 Å². The zero-order chi connectivity index (χ0) is 24.2. The van der Waals surface area contributed by atoms with Gasteiger partial charge in [0.25, 0.3) is 5.91 Å². The summed E-state index contributed by atoms with van der Waals surface area (Å²) in [5, 5.41) is 5.00. The van der Waals surface area contributed by atoms with Crippen LogP contribution in [0.1, 0.15) is 22.5 Å². The Morgan fingerprint density at radius 1 is 0.914 bits per heavy atom. The fourth-order valence-electron chi connectivity index (χ4n) is 4.39. The third kappa shape index (κ3) is 4.55. The Morgan fingerprint density at radius 3 is 2.51 bits per heavy atom. The number of aromatic nitrogens is 2. The molecule has 2 aromatic heterocycles. The van der Waals surface area contributed by atoms with Crippen molar-refractivity contribution in [1.82, 2.24) is 15.3 Å². The molecule has 1 amide bonds. The highest BCUT2D eigenvalue weighted by molar-refractivity contribution is 6.13. The summed E-state index contributed by atoms with van der Waals surface area (Å²) in [6, 6.07) is 25.7. The van der Waals surface area contributed by atoms with Crippen molar-refractivity contribution in [3.8, 4) is 22.8 Å². The number of pyridine rings is 1. The van der Waals surface area contributed by atoms with Crippen molar-refractivity contribution in [3.05, 3.63) is 90.1 Å². The van der Waals surface area contributed by atoms with E-state index >= 15 is 0 Å². The third-order valence-corrected chi connectivity index (χ3v) is 6.16. The van der Waals surface area contributed by atoms with Gasteiger partial charge in [-0.2, -0.15) is 0 Å². The molecule has 5 rings (SSSR count). The van der Waals surface area contributed by atoms with Crippen LogP contribution in [0.3, 0.4) is 0 Å². The lowest BCUT2D eigenvalue weighted by Crippen LogP contribution is -2.25. The molecule has 0 aliphatic heterocycles. The van der Waals surface area contributed by atoms with Crippen molar-refractivity contribution in [2.75, 3.05) is 20.8 Å². The number of amides is 1. The van der Waals surface area contributed by atoms with Crippen LogP contribution in [0.5, 0.6) is 11.5 Å². The van der Waals surface area contributed by atoms with E-state index in [1.165, 1.54) is 5.56 Å². The summed E-state index contributed by atoms with van der Waals surface area (Å²) in [6.07, 6.45) is 1.75. The zero-order valence-electron chi connectivity index (χ0n) is 19.8. The molecule has 3 aromatic carbocycles. The number of hydrogen-bond donors (Lipinski definition) is 2. The molecule has 2 heterocycles. The molecule has 0 unspecified atom stereocenters. The number of ether oxygens (including phenoxy) is 2. The number of hydrogen-bond acceptors (Lipinski definition) is 4. The van der Waals surface area contributed by atoms with Crippen molar-refractivity contribution in [3.63, 3.8) is 0 Å². The van der Waals surface area contributed by atoms with Gasteiger partial charge >= 0.3 is 0 Å². The molecule has 0 aliphatic rings. The summed E-state index contributed by atoms with van der Waals surface area (Å²) in [6.45, 7) is 0.569. The van der Waals surface area contributed by atoms with Crippen molar-refractivity contribution >= 4 is 27.7 Å². The standard InChI is InChI=1S/C29H27N3O3/c1-34-20-14-15-26(35-2)23(17-20)28-27-22(21-12-6-7-13-24(21)31-27)18-25(32-28)29(33)30-16-8-11-19-9-4-3-5-10-19/h3-7,9-10,12-15,17-18,31H,8,11,16H2,1-2H3,(H,30,33). The second-order valence-electron chi connectivity index (χ2n) is 8.36. The molecule has 5 aromatic rings. The zero-order valence-corrected chi connectivity index (χ0v) is 19.8. The van der Waals surface area contributed by atoms with E-state index in [-0.39, 0.29) is 5.91 Å². The van der Waals surface area contributed by atoms with Crippen molar-refractivity contribution in [2.24, 2.45) is 0 Å². The Bertz CT molecular complexity index is 1490. The number of aryl methyl sites for hydroxylation is 1. The van der Waals surface area contributed by atoms with Gasteiger partial charge in [-0.15, -0.1) is 0 Å². The molecule has 0 aliphatic carbocycles. The minimum atomic E-state index is -0.201. The van der Waals surface area contributed by atoms with Gasteiger partial charge in [0.15, 0.2) is 0 Å². The van der Waals surface area contributed by atoms with Crippen LogP contribution < -0.4 is 14.8 Å². The van der Waals surface area contributed by atoms with Gasteiger partial charge < -0.3 is 19.8 Å². The van der Waals surface area contributed by atoms with Crippen LogP contribution in [0.4, 0.5) is 0 Å². The molecule has 2 N–H and O–H groups in total. The maximum absolute atomic E-state index is 13.2. The largest absolute Gasteiger partial charge is 0.497 e. The number of fused-ring (bicyclic) bond motifs is 3. The summed E-state index contributed by atoms with van der Waals surface area (Å²) in [5.41, 5.74) is 4.84. The Kier molecular flexibility index (Phi) is 6.35. The minimum absolute atomic E-state index is 0.201. The number of methoxy groups -OCH3 is 2. The number of carbonyl (C=O) groups excluding carboxylic acids is 1. The van der Waals surface area contributed by atoms with Gasteiger partial charge in [-0.3, -0.25) is 4.79 Å². The highest BCUT2D eigenvalue weighted by atomic mass is 16.5. The van der Waals surface area contributed by atoms with Gasteiger partial charge in [-0.1, -0.05) is 48.5 Å². The topological polar surface area (TPSA) is 76.2 Å². The van der Waals surface area contributed by atoms with Gasteiger partial charge in [0.2, 0.25) is 0 Å². The van der Waals surface area contributed by atoms with Gasteiger partial charge in [0.1, 0.15) is 17.2 Å². The van der Waals surface area contributed by atoms with E-state index in [9.17, 15) is 4.79 Å². The molecule has 0 bridgehead atoms. The van der Waals surface area contributed by atoms with Crippen LogP contribution in [0.25, 0.3) is 33.1 Å². The van der Waals surface area contributed by atoms with E-state index in [2.05, 4.69) is 22.4 Å². The molecule has 6 heteroatoms. The lowest BCUT2D eigenvalue weighted by molar-refractivity contribution is 0.0948. The van der Waals surface area contributed by atoms with E-state index in [1.54, 1.807) is 14.2 Å². The Hall–Kier alpha value is -4.32. The predicted octanol–water partition coefficient (Wildman–Crippen LogP) is 5.76. The minimum Gasteiger partial charge on any atom is -0.497 e. The quantitative estimate of drug-likeness (QED) is 0.286. The molecule has 0 atom stereocenters. The Morgan fingerprint density at radius 2 is 1.71 bits per heavy atom. The van der Waals surface area contributed by atoms with Gasteiger partial charge in [-0.25, -0.2) is 4.98 Å². The summed E-state index contributed by atoms with van der Waals surface area (Å²) in [7, 11) is 3.24. The number of benzene rings is 3. The highest BCUT2D eigenvalue weighted by Crippen LogP contribution is 2.38. The first-order valence-corrected chi connectivity index (χ1v) is 11.6. The SMILES string of the molecule is COc1ccc(OC)c(-c2nc(C(=O)NCCCc3ccccc3)cc3c2[nH]c2ccccc23)c1. The Balaban J connectivity index is 1.53. The molecule has 0 radical (unpaired) electrons. The highest BCUT2D eigenvalue weighted by Gasteiger charge is 2.19. The number of para-hydroxylation sites is 1. The number of carbonyl (C=O) groups is 1. The average Bonchev–Trinajstić information content (AvgIpc) is 3.29.